The largest absolute Gasteiger partial charge is 0.332 e. The van der Waals surface area contributed by atoms with E-state index in [0.717, 1.165) is 13.1 Å². The molecule has 4 rings (SSSR count). The van der Waals surface area contributed by atoms with Crippen LogP contribution in [0.3, 0.4) is 0 Å². The van der Waals surface area contributed by atoms with Crippen molar-refractivity contribution in [1.82, 2.24) is 29.8 Å². The molecule has 0 N–H and O–H groups in total. The van der Waals surface area contributed by atoms with E-state index in [2.05, 4.69) is 27.3 Å². The molecule has 2 aliphatic rings. The normalized spacial score (nSPS) is 26.2. The van der Waals surface area contributed by atoms with Gasteiger partial charge in [0.15, 0.2) is 5.65 Å². The molecule has 2 fully saturated rings. The Hall–Kier alpha value is -2.02. The molecule has 0 aliphatic carbocycles. The summed E-state index contributed by atoms with van der Waals surface area (Å²) in [7, 11) is 0. The molecule has 7 nitrogen and oxygen atoms in total. The SMILES string of the molecule is C[C@@H]1CN2CCC[C@@H]2CN1C(=O)c1cccc2nnnn12. The highest BCUT2D eigenvalue weighted by atomic mass is 16.2. The highest BCUT2D eigenvalue weighted by Crippen LogP contribution is 2.25. The summed E-state index contributed by atoms with van der Waals surface area (Å²) in [5, 5.41) is 11.5. The van der Waals surface area contributed by atoms with Crippen LogP contribution >= 0.6 is 0 Å². The number of carbonyl (C=O) groups excluding carboxylic acids is 1. The number of fused-ring (bicyclic) bond motifs is 2. The summed E-state index contributed by atoms with van der Waals surface area (Å²) in [4.78, 5) is 17.4. The van der Waals surface area contributed by atoms with E-state index in [9.17, 15) is 4.79 Å². The summed E-state index contributed by atoms with van der Waals surface area (Å²) in [6.45, 7) is 5.05. The minimum atomic E-state index is 0.0203. The molecule has 0 aromatic carbocycles. The fourth-order valence-electron chi connectivity index (χ4n) is 3.54. The number of amides is 1. The summed E-state index contributed by atoms with van der Waals surface area (Å²) in [6.07, 6.45) is 2.42. The molecule has 2 aromatic rings. The van der Waals surface area contributed by atoms with E-state index in [0.29, 0.717) is 17.4 Å². The average molecular weight is 286 g/mol. The molecule has 4 heterocycles. The minimum Gasteiger partial charge on any atom is -0.332 e. The molecule has 1 amide bonds. The summed E-state index contributed by atoms with van der Waals surface area (Å²) in [6, 6.07) is 6.15. The number of rotatable bonds is 1. The van der Waals surface area contributed by atoms with Crippen LogP contribution in [0.2, 0.25) is 0 Å². The van der Waals surface area contributed by atoms with E-state index < -0.39 is 0 Å². The number of hydrogen-bond acceptors (Lipinski definition) is 5. The second-order valence-electron chi connectivity index (χ2n) is 5.96. The summed E-state index contributed by atoms with van der Waals surface area (Å²) in [5.41, 5.74) is 1.14. The van der Waals surface area contributed by atoms with Crippen molar-refractivity contribution >= 4 is 11.6 Å². The first kappa shape index (κ1) is 12.7. The highest BCUT2D eigenvalue weighted by Gasteiger charge is 2.37. The minimum absolute atomic E-state index is 0.0203. The van der Waals surface area contributed by atoms with Gasteiger partial charge in [-0.2, -0.15) is 4.52 Å². The topological polar surface area (TPSA) is 66.6 Å². The lowest BCUT2D eigenvalue weighted by molar-refractivity contribution is 0.0387. The van der Waals surface area contributed by atoms with E-state index in [1.54, 1.807) is 12.1 Å². The summed E-state index contributed by atoms with van der Waals surface area (Å²) < 4.78 is 1.52. The van der Waals surface area contributed by atoms with E-state index in [-0.39, 0.29) is 11.9 Å². The van der Waals surface area contributed by atoms with Crippen molar-refractivity contribution < 1.29 is 4.79 Å². The zero-order chi connectivity index (χ0) is 14.4. The number of hydrogen-bond donors (Lipinski definition) is 0. The zero-order valence-corrected chi connectivity index (χ0v) is 12.0. The lowest BCUT2D eigenvalue weighted by Gasteiger charge is -2.42. The Balaban J connectivity index is 1.66. The van der Waals surface area contributed by atoms with Crippen LogP contribution in [-0.4, -0.2) is 67.5 Å². The summed E-state index contributed by atoms with van der Waals surface area (Å²) in [5.74, 6) is 0.0203. The van der Waals surface area contributed by atoms with Gasteiger partial charge < -0.3 is 4.90 Å². The molecule has 0 bridgehead atoms. The van der Waals surface area contributed by atoms with Gasteiger partial charge in [0.05, 0.1) is 0 Å². The Bertz CT molecular complexity index is 683. The van der Waals surface area contributed by atoms with Gasteiger partial charge in [-0.25, -0.2) is 0 Å². The van der Waals surface area contributed by atoms with Crippen molar-refractivity contribution in [3.05, 3.63) is 23.9 Å². The standard InChI is InChI=1S/C14H18N6O/c1-10-8-18-7-3-4-11(18)9-19(10)14(21)12-5-2-6-13-15-16-17-20(12)13/h2,5-6,10-11H,3-4,7-9H2,1H3/t10-,11-/m1/s1. The van der Waals surface area contributed by atoms with Crippen LogP contribution in [0.1, 0.15) is 30.3 Å². The first-order chi connectivity index (χ1) is 10.2. The Morgan fingerprint density at radius 3 is 3.14 bits per heavy atom. The highest BCUT2D eigenvalue weighted by molar-refractivity contribution is 5.93. The number of pyridine rings is 1. The Morgan fingerprint density at radius 2 is 2.24 bits per heavy atom. The fourth-order valence-corrected chi connectivity index (χ4v) is 3.54. The second-order valence-corrected chi connectivity index (χ2v) is 5.96. The van der Waals surface area contributed by atoms with Gasteiger partial charge in [-0.3, -0.25) is 9.69 Å². The molecule has 2 saturated heterocycles. The van der Waals surface area contributed by atoms with Gasteiger partial charge in [-0.05, 0) is 48.9 Å². The number of nitrogens with zero attached hydrogens (tertiary/aromatic N) is 6. The van der Waals surface area contributed by atoms with Crippen LogP contribution in [0, 0.1) is 0 Å². The number of aromatic nitrogens is 4. The van der Waals surface area contributed by atoms with Gasteiger partial charge >= 0.3 is 0 Å². The first-order valence-electron chi connectivity index (χ1n) is 7.46. The third kappa shape index (κ3) is 1.99. The van der Waals surface area contributed by atoms with Gasteiger partial charge in [0.25, 0.3) is 5.91 Å². The lowest BCUT2D eigenvalue weighted by atomic mass is 10.1. The predicted molar refractivity (Wildman–Crippen MR) is 75.9 cm³/mol. The van der Waals surface area contributed by atoms with Crippen LogP contribution in [0.15, 0.2) is 18.2 Å². The third-order valence-electron chi connectivity index (χ3n) is 4.64. The molecular weight excluding hydrogens is 268 g/mol. The monoisotopic (exact) mass is 286 g/mol. The van der Waals surface area contributed by atoms with Gasteiger partial charge in [-0.1, -0.05) is 6.07 Å². The maximum atomic E-state index is 12.9. The zero-order valence-electron chi connectivity index (χ0n) is 12.0. The van der Waals surface area contributed by atoms with Gasteiger partial charge in [0.1, 0.15) is 5.69 Å². The maximum absolute atomic E-state index is 12.9. The van der Waals surface area contributed by atoms with E-state index in [1.807, 2.05) is 11.0 Å². The number of piperazine rings is 1. The lowest BCUT2D eigenvalue weighted by Crippen LogP contribution is -2.56. The van der Waals surface area contributed by atoms with Crippen LogP contribution in [0.4, 0.5) is 0 Å². The summed E-state index contributed by atoms with van der Waals surface area (Å²) >= 11 is 0. The van der Waals surface area contributed by atoms with Crippen molar-refractivity contribution in [2.45, 2.75) is 31.8 Å². The van der Waals surface area contributed by atoms with E-state index >= 15 is 0 Å². The van der Waals surface area contributed by atoms with Gasteiger partial charge in [0.2, 0.25) is 0 Å². The smallest absolute Gasteiger partial charge is 0.273 e. The molecule has 2 aliphatic heterocycles. The number of tetrazole rings is 1. The molecule has 0 spiro atoms. The molecule has 2 aromatic heterocycles. The molecule has 2 atom stereocenters. The maximum Gasteiger partial charge on any atom is 0.273 e. The van der Waals surface area contributed by atoms with Crippen LogP contribution < -0.4 is 0 Å². The predicted octanol–water partition coefficient (Wildman–Crippen LogP) is 0.433. The molecule has 0 radical (unpaired) electrons. The average Bonchev–Trinajstić information content (AvgIpc) is 3.13. The van der Waals surface area contributed by atoms with Crippen molar-refractivity contribution in [2.75, 3.05) is 19.6 Å². The van der Waals surface area contributed by atoms with Crippen molar-refractivity contribution in [3.63, 3.8) is 0 Å². The van der Waals surface area contributed by atoms with E-state index in [4.69, 9.17) is 0 Å². The second kappa shape index (κ2) is 4.77. The van der Waals surface area contributed by atoms with E-state index in [1.165, 1.54) is 23.9 Å². The quantitative estimate of drug-likeness (QED) is 0.760. The van der Waals surface area contributed by atoms with Crippen LogP contribution in [0.5, 0.6) is 0 Å². The fraction of sp³-hybridized carbons (Fsp3) is 0.571. The molecule has 21 heavy (non-hydrogen) atoms. The molecule has 0 saturated carbocycles. The van der Waals surface area contributed by atoms with Crippen LogP contribution in [-0.2, 0) is 0 Å². The third-order valence-corrected chi connectivity index (χ3v) is 4.64. The Kier molecular flexibility index (Phi) is 2.88. The van der Waals surface area contributed by atoms with Crippen LogP contribution in [0.25, 0.3) is 5.65 Å². The Morgan fingerprint density at radius 1 is 1.33 bits per heavy atom. The van der Waals surface area contributed by atoms with Crippen molar-refractivity contribution in [1.29, 1.82) is 0 Å². The Labute approximate surface area is 122 Å². The first-order valence-corrected chi connectivity index (χ1v) is 7.46. The number of carbonyl (C=O) groups is 1. The van der Waals surface area contributed by atoms with Crippen molar-refractivity contribution in [2.24, 2.45) is 0 Å². The molecule has 0 unspecified atom stereocenters. The van der Waals surface area contributed by atoms with Gasteiger partial charge in [0, 0.05) is 25.2 Å². The van der Waals surface area contributed by atoms with Gasteiger partial charge in [-0.15, -0.1) is 5.10 Å². The molecule has 110 valence electrons. The molecule has 7 heteroatoms. The van der Waals surface area contributed by atoms with Crippen molar-refractivity contribution in [3.8, 4) is 0 Å². The molecular formula is C14H18N6O.